The molecule has 0 spiro atoms. The summed E-state index contributed by atoms with van der Waals surface area (Å²) < 4.78 is 1.88. The second kappa shape index (κ2) is 6.46. The molecule has 2 aliphatic rings. The Morgan fingerprint density at radius 3 is 2.52 bits per heavy atom. The maximum Gasteiger partial charge on any atom is 0.0641 e. The van der Waals surface area contributed by atoms with Crippen LogP contribution in [0, 0.1) is 0 Å². The molecule has 5 heteroatoms. The molecule has 1 aromatic rings. The third-order valence-corrected chi connectivity index (χ3v) is 5.49. The maximum atomic E-state index is 5.99. The van der Waals surface area contributed by atoms with Gasteiger partial charge in [0.15, 0.2) is 0 Å². The second-order valence-corrected chi connectivity index (χ2v) is 6.76. The molecule has 0 radical (unpaired) electrons. The van der Waals surface area contributed by atoms with Crippen LogP contribution in [0.2, 0.25) is 0 Å². The SMILES string of the molecule is Cn1ccc(CC(NN)C2(N3CCCCC3)CCCC2)n1. The molecule has 21 heavy (non-hydrogen) atoms. The number of hydrogen-bond donors (Lipinski definition) is 2. The summed E-state index contributed by atoms with van der Waals surface area (Å²) in [6.07, 6.45) is 12.2. The van der Waals surface area contributed by atoms with Gasteiger partial charge in [-0.2, -0.15) is 5.10 Å². The number of hydrazine groups is 1. The van der Waals surface area contributed by atoms with Gasteiger partial charge in [0.2, 0.25) is 0 Å². The van der Waals surface area contributed by atoms with E-state index in [9.17, 15) is 0 Å². The van der Waals surface area contributed by atoms with Crippen molar-refractivity contribution in [2.45, 2.75) is 62.9 Å². The van der Waals surface area contributed by atoms with Crippen LogP contribution in [0.5, 0.6) is 0 Å². The summed E-state index contributed by atoms with van der Waals surface area (Å²) in [5.74, 6) is 5.99. The molecule has 1 aliphatic carbocycles. The lowest BCUT2D eigenvalue weighted by Crippen LogP contribution is -2.63. The summed E-state index contributed by atoms with van der Waals surface area (Å²) in [5.41, 5.74) is 4.53. The second-order valence-electron chi connectivity index (χ2n) is 6.76. The van der Waals surface area contributed by atoms with Gasteiger partial charge in [-0.3, -0.25) is 20.9 Å². The zero-order valence-electron chi connectivity index (χ0n) is 13.2. The number of hydrogen-bond acceptors (Lipinski definition) is 4. The van der Waals surface area contributed by atoms with Gasteiger partial charge in [-0.25, -0.2) is 0 Å². The topological polar surface area (TPSA) is 59.1 Å². The van der Waals surface area contributed by atoms with Crippen LogP contribution in [0.3, 0.4) is 0 Å². The fourth-order valence-electron chi connectivity index (χ4n) is 4.40. The van der Waals surface area contributed by atoms with Crippen LogP contribution < -0.4 is 11.3 Å². The Balaban J connectivity index is 1.79. The van der Waals surface area contributed by atoms with E-state index in [-0.39, 0.29) is 5.54 Å². The van der Waals surface area contributed by atoms with Gasteiger partial charge in [0.25, 0.3) is 0 Å². The monoisotopic (exact) mass is 291 g/mol. The molecule has 0 bridgehead atoms. The molecule has 1 saturated carbocycles. The fourth-order valence-corrected chi connectivity index (χ4v) is 4.40. The first-order chi connectivity index (χ1) is 10.2. The molecule has 3 rings (SSSR count). The average Bonchev–Trinajstić information content (AvgIpc) is 3.15. The Morgan fingerprint density at radius 2 is 1.95 bits per heavy atom. The molecule has 0 aromatic carbocycles. The van der Waals surface area contributed by atoms with Crippen molar-refractivity contribution in [3.63, 3.8) is 0 Å². The lowest BCUT2D eigenvalue weighted by atomic mass is 9.82. The van der Waals surface area contributed by atoms with E-state index in [2.05, 4.69) is 21.5 Å². The molecule has 5 nitrogen and oxygen atoms in total. The Labute approximate surface area is 127 Å². The molecular weight excluding hydrogens is 262 g/mol. The summed E-state index contributed by atoms with van der Waals surface area (Å²) in [6.45, 7) is 2.47. The molecule has 1 atom stereocenters. The highest BCUT2D eigenvalue weighted by Gasteiger charge is 2.45. The Hall–Kier alpha value is -0.910. The van der Waals surface area contributed by atoms with Crippen LogP contribution in [0.1, 0.15) is 50.6 Å². The fraction of sp³-hybridized carbons (Fsp3) is 0.812. The van der Waals surface area contributed by atoms with Crippen LogP contribution in [-0.2, 0) is 13.5 Å². The van der Waals surface area contributed by atoms with Gasteiger partial charge < -0.3 is 0 Å². The molecule has 0 amide bonds. The Bertz CT molecular complexity index is 443. The molecule has 2 heterocycles. The van der Waals surface area contributed by atoms with Gasteiger partial charge >= 0.3 is 0 Å². The van der Waals surface area contributed by atoms with Gasteiger partial charge in [0.05, 0.1) is 5.69 Å². The quantitative estimate of drug-likeness (QED) is 0.639. The van der Waals surface area contributed by atoms with E-state index in [0.717, 1.165) is 12.1 Å². The van der Waals surface area contributed by atoms with Crippen molar-refractivity contribution < 1.29 is 0 Å². The lowest BCUT2D eigenvalue weighted by Gasteiger charge is -2.48. The number of rotatable bonds is 5. The first-order valence-electron chi connectivity index (χ1n) is 8.44. The minimum absolute atomic E-state index is 0.243. The van der Waals surface area contributed by atoms with Crippen LogP contribution in [0.15, 0.2) is 12.3 Å². The number of piperidine rings is 1. The zero-order chi connectivity index (χ0) is 14.7. The molecule has 118 valence electrons. The summed E-state index contributed by atoms with van der Waals surface area (Å²) in [7, 11) is 1.98. The van der Waals surface area contributed by atoms with Crippen LogP contribution in [-0.4, -0.2) is 39.4 Å². The zero-order valence-corrected chi connectivity index (χ0v) is 13.2. The third kappa shape index (κ3) is 3.00. The van der Waals surface area contributed by atoms with Crippen molar-refractivity contribution in [2.75, 3.05) is 13.1 Å². The number of aryl methyl sites for hydroxylation is 1. The molecule has 1 unspecified atom stereocenters. The van der Waals surface area contributed by atoms with Crippen molar-refractivity contribution in [1.82, 2.24) is 20.1 Å². The van der Waals surface area contributed by atoms with E-state index >= 15 is 0 Å². The molecule has 2 fully saturated rings. The smallest absolute Gasteiger partial charge is 0.0641 e. The Morgan fingerprint density at radius 1 is 1.24 bits per heavy atom. The lowest BCUT2D eigenvalue weighted by molar-refractivity contribution is 0.0363. The van der Waals surface area contributed by atoms with E-state index in [1.165, 1.54) is 58.0 Å². The predicted molar refractivity (Wildman–Crippen MR) is 84.6 cm³/mol. The van der Waals surface area contributed by atoms with E-state index in [1.54, 1.807) is 0 Å². The number of nitrogens with two attached hydrogens (primary N) is 1. The van der Waals surface area contributed by atoms with Crippen molar-refractivity contribution in [3.8, 4) is 0 Å². The summed E-state index contributed by atoms with van der Waals surface area (Å²) in [4.78, 5) is 2.73. The number of aromatic nitrogens is 2. The van der Waals surface area contributed by atoms with E-state index in [1.807, 2.05) is 17.9 Å². The van der Waals surface area contributed by atoms with Crippen LogP contribution in [0.25, 0.3) is 0 Å². The summed E-state index contributed by atoms with van der Waals surface area (Å²) in [6, 6.07) is 2.41. The molecule has 3 N–H and O–H groups in total. The first-order valence-corrected chi connectivity index (χ1v) is 8.44. The predicted octanol–water partition coefficient (Wildman–Crippen LogP) is 1.59. The highest BCUT2D eigenvalue weighted by Crippen LogP contribution is 2.40. The number of nitrogens with zero attached hydrogens (tertiary/aromatic N) is 3. The molecule has 1 saturated heterocycles. The van der Waals surface area contributed by atoms with Gasteiger partial charge in [0, 0.05) is 31.2 Å². The Kier molecular flexibility index (Phi) is 4.62. The standard InChI is InChI=1S/C16H29N5/c1-20-12-7-14(19-20)13-15(18-17)16(8-3-4-9-16)21-10-5-2-6-11-21/h7,12,15,18H,2-6,8-11,13,17H2,1H3. The van der Waals surface area contributed by atoms with E-state index in [0.29, 0.717) is 6.04 Å². The van der Waals surface area contributed by atoms with Gasteiger partial charge in [-0.15, -0.1) is 0 Å². The normalized spacial score (nSPS) is 24.3. The van der Waals surface area contributed by atoms with Crippen molar-refractivity contribution in [3.05, 3.63) is 18.0 Å². The third-order valence-electron chi connectivity index (χ3n) is 5.49. The summed E-state index contributed by atoms with van der Waals surface area (Å²) >= 11 is 0. The summed E-state index contributed by atoms with van der Waals surface area (Å²) in [5, 5.41) is 4.55. The highest BCUT2D eigenvalue weighted by atomic mass is 15.3. The highest BCUT2D eigenvalue weighted by molar-refractivity contribution is 5.10. The van der Waals surface area contributed by atoms with Gasteiger partial charge in [0.1, 0.15) is 0 Å². The minimum Gasteiger partial charge on any atom is -0.296 e. The van der Waals surface area contributed by atoms with Crippen molar-refractivity contribution in [1.29, 1.82) is 0 Å². The molecule has 1 aliphatic heterocycles. The van der Waals surface area contributed by atoms with Crippen molar-refractivity contribution in [2.24, 2.45) is 12.9 Å². The number of likely N-dealkylation sites (tertiary alicyclic amines) is 1. The molecular formula is C16H29N5. The van der Waals surface area contributed by atoms with E-state index in [4.69, 9.17) is 5.84 Å². The first kappa shape index (κ1) is 15.0. The average molecular weight is 291 g/mol. The molecule has 1 aromatic heterocycles. The maximum absolute atomic E-state index is 5.99. The van der Waals surface area contributed by atoms with Crippen LogP contribution >= 0.6 is 0 Å². The minimum atomic E-state index is 0.243. The van der Waals surface area contributed by atoms with Gasteiger partial charge in [-0.05, 0) is 44.8 Å². The van der Waals surface area contributed by atoms with Crippen molar-refractivity contribution >= 4 is 0 Å². The van der Waals surface area contributed by atoms with Crippen LogP contribution in [0.4, 0.5) is 0 Å². The largest absolute Gasteiger partial charge is 0.296 e. The number of nitrogens with one attached hydrogen (secondary N) is 1. The van der Waals surface area contributed by atoms with Gasteiger partial charge in [-0.1, -0.05) is 19.3 Å². The van der Waals surface area contributed by atoms with E-state index < -0.39 is 0 Å².